The molecule has 0 aliphatic carbocycles. The van der Waals surface area contributed by atoms with Gasteiger partial charge in [0.2, 0.25) is 11.9 Å². The fourth-order valence-corrected chi connectivity index (χ4v) is 3.51. The summed E-state index contributed by atoms with van der Waals surface area (Å²) in [6, 6.07) is 18.3. The molecule has 0 radical (unpaired) electrons. The van der Waals surface area contributed by atoms with Crippen molar-refractivity contribution in [1.29, 1.82) is 5.26 Å². The zero-order valence-electron chi connectivity index (χ0n) is 14.9. The van der Waals surface area contributed by atoms with Gasteiger partial charge in [0.05, 0.1) is 5.92 Å². The van der Waals surface area contributed by atoms with E-state index in [2.05, 4.69) is 16.4 Å². The van der Waals surface area contributed by atoms with E-state index in [9.17, 15) is 15.2 Å². The Labute approximate surface area is 162 Å². The zero-order valence-corrected chi connectivity index (χ0v) is 14.9. The van der Waals surface area contributed by atoms with E-state index in [1.54, 1.807) is 17.0 Å². The van der Waals surface area contributed by atoms with Crippen molar-refractivity contribution in [3.8, 4) is 17.2 Å². The van der Waals surface area contributed by atoms with E-state index in [1.807, 2.05) is 67.0 Å². The first-order chi connectivity index (χ1) is 13.7. The molecule has 2 aromatic heterocycles. The number of aliphatic hydroxyl groups excluding tert-OH is 1. The third-order valence-corrected chi connectivity index (χ3v) is 4.86. The van der Waals surface area contributed by atoms with E-state index in [1.165, 1.54) is 0 Å². The Morgan fingerprint density at radius 1 is 1.00 bits per heavy atom. The van der Waals surface area contributed by atoms with Crippen LogP contribution < -0.4 is 9.88 Å². The van der Waals surface area contributed by atoms with Gasteiger partial charge in [0.15, 0.2) is 12.4 Å². The molecular formula is C22H17N4O2+. The number of aromatic nitrogens is 2. The van der Waals surface area contributed by atoms with E-state index in [-0.39, 0.29) is 17.4 Å². The number of hydrogen-bond acceptors (Lipinski definition) is 4. The van der Waals surface area contributed by atoms with E-state index in [0.717, 1.165) is 16.7 Å². The summed E-state index contributed by atoms with van der Waals surface area (Å²) in [4.78, 5) is 16.8. The van der Waals surface area contributed by atoms with Crippen molar-refractivity contribution in [2.75, 3.05) is 0 Å². The molecule has 2 atom stereocenters. The lowest BCUT2D eigenvalue weighted by Gasteiger charge is -2.27. The SMILES string of the molecule is N#CC1=C(O)NC(=O)C([n+]2ccc(-c3ccncc3)cc2)C1c1ccccc1. The molecule has 0 fully saturated rings. The standard InChI is InChI=1S/C22H16N4O2/c23-14-18-19(17-4-2-1-3-5-17)20(22(28)25-21(18)27)26-12-8-16(9-13-26)15-6-10-24-11-7-15/h1-13,19-20H,(H-,25,27,28)/p+1. The third kappa shape index (κ3) is 3.10. The molecule has 4 rings (SSSR count). The molecule has 1 aliphatic rings. The number of aliphatic hydroxyl groups is 1. The monoisotopic (exact) mass is 369 g/mol. The maximum Gasteiger partial charge on any atom is 0.296 e. The summed E-state index contributed by atoms with van der Waals surface area (Å²) in [5.41, 5.74) is 2.94. The number of pyridine rings is 2. The Hall–Kier alpha value is -3.98. The molecule has 1 amide bonds. The van der Waals surface area contributed by atoms with Gasteiger partial charge in [-0.25, -0.2) is 0 Å². The molecule has 6 heteroatoms. The molecule has 3 aromatic rings. The first kappa shape index (κ1) is 17.4. The molecule has 3 heterocycles. The van der Waals surface area contributed by atoms with Crippen LogP contribution >= 0.6 is 0 Å². The highest BCUT2D eigenvalue weighted by atomic mass is 16.3. The molecule has 1 aliphatic heterocycles. The number of carbonyl (C=O) groups excluding carboxylic acids is 1. The summed E-state index contributed by atoms with van der Waals surface area (Å²) in [7, 11) is 0. The summed E-state index contributed by atoms with van der Waals surface area (Å²) in [6.45, 7) is 0. The third-order valence-electron chi connectivity index (χ3n) is 4.86. The normalized spacial score (nSPS) is 19.0. The predicted octanol–water partition coefficient (Wildman–Crippen LogP) is 2.78. The van der Waals surface area contributed by atoms with Gasteiger partial charge in [0, 0.05) is 24.5 Å². The summed E-state index contributed by atoms with van der Waals surface area (Å²) in [5, 5.41) is 22.2. The largest absolute Gasteiger partial charge is 0.494 e. The highest BCUT2D eigenvalue weighted by Gasteiger charge is 2.45. The van der Waals surface area contributed by atoms with Crippen molar-refractivity contribution < 1.29 is 14.5 Å². The number of carbonyl (C=O) groups is 1. The lowest BCUT2D eigenvalue weighted by Crippen LogP contribution is -2.53. The number of amides is 1. The van der Waals surface area contributed by atoms with E-state index >= 15 is 0 Å². The number of hydrogen-bond donors (Lipinski definition) is 2. The van der Waals surface area contributed by atoms with Crippen molar-refractivity contribution in [3.05, 3.63) is 96.4 Å². The first-order valence-electron chi connectivity index (χ1n) is 8.79. The molecule has 2 N–H and O–H groups in total. The molecule has 28 heavy (non-hydrogen) atoms. The topological polar surface area (TPSA) is 89.9 Å². The lowest BCUT2D eigenvalue weighted by molar-refractivity contribution is -0.711. The average molecular weight is 369 g/mol. The van der Waals surface area contributed by atoms with E-state index in [4.69, 9.17) is 0 Å². The van der Waals surface area contributed by atoms with E-state index in [0.29, 0.717) is 0 Å². The van der Waals surface area contributed by atoms with Crippen molar-refractivity contribution in [1.82, 2.24) is 10.3 Å². The first-order valence-corrected chi connectivity index (χ1v) is 8.79. The summed E-state index contributed by atoms with van der Waals surface area (Å²) < 4.78 is 1.77. The van der Waals surface area contributed by atoms with Gasteiger partial charge in [-0.3, -0.25) is 15.1 Å². The van der Waals surface area contributed by atoms with Gasteiger partial charge in [-0.05, 0) is 28.8 Å². The lowest BCUT2D eigenvalue weighted by atomic mass is 9.82. The fourth-order valence-electron chi connectivity index (χ4n) is 3.51. The van der Waals surface area contributed by atoms with Crippen molar-refractivity contribution in [2.45, 2.75) is 12.0 Å². The number of rotatable bonds is 3. The second-order valence-corrected chi connectivity index (χ2v) is 6.47. The van der Waals surface area contributed by atoms with Gasteiger partial charge in [-0.1, -0.05) is 30.3 Å². The average Bonchev–Trinajstić information content (AvgIpc) is 2.75. The number of nitrogens with zero attached hydrogens (tertiary/aromatic N) is 3. The molecular weight excluding hydrogens is 352 g/mol. The van der Waals surface area contributed by atoms with Crippen molar-refractivity contribution in [3.63, 3.8) is 0 Å². The van der Waals surface area contributed by atoms with Gasteiger partial charge in [-0.2, -0.15) is 9.83 Å². The Balaban J connectivity index is 1.78. The minimum atomic E-state index is -0.695. The molecule has 0 saturated carbocycles. The molecule has 0 spiro atoms. The Morgan fingerprint density at radius 3 is 2.29 bits per heavy atom. The summed E-state index contributed by atoms with van der Waals surface area (Å²) in [5.74, 6) is -1.34. The Bertz CT molecular complexity index is 1070. The second-order valence-electron chi connectivity index (χ2n) is 6.47. The van der Waals surface area contributed by atoms with Crippen LogP contribution in [0.25, 0.3) is 11.1 Å². The molecule has 136 valence electrons. The van der Waals surface area contributed by atoms with Gasteiger partial charge < -0.3 is 5.11 Å². The van der Waals surface area contributed by atoms with Crippen LogP contribution in [0.4, 0.5) is 0 Å². The Morgan fingerprint density at radius 2 is 1.64 bits per heavy atom. The van der Waals surface area contributed by atoms with Gasteiger partial charge in [0.25, 0.3) is 5.91 Å². The van der Waals surface area contributed by atoms with Crippen LogP contribution in [0.1, 0.15) is 17.5 Å². The fraction of sp³-hybridized carbons (Fsp3) is 0.0909. The number of allylic oxidation sites excluding steroid dienone is 1. The predicted molar refractivity (Wildman–Crippen MR) is 101 cm³/mol. The van der Waals surface area contributed by atoms with Crippen LogP contribution in [0, 0.1) is 11.3 Å². The number of nitriles is 1. The summed E-state index contributed by atoms with van der Waals surface area (Å²) >= 11 is 0. The maximum absolute atomic E-state index is 12.8. The minimum absolute atomic E-state index is 0.140. The minimum Gasteiger partial charge on any atom is -0.494 e. The number of benzene rings is 1. The Kier molecular flexibility index (Phi) is 4.56. The smallest absolute Gasteiger partial charge is 0.296 e. The van der Waals surface area contributed by atoms with Gasteiger partial charge >= 0.3 is 0 Å². The molecule has 0 saturated heterocycles. The summed E-state index contributed by atoms with van der Waals surface area (Å²) in [6.07, 6.45) is 7.08. The number of nitrogens with one attached hydrogen (secondary N) is 1. The van der Waals surface area contributed by atoms with Crippen LogP contribution in [0.2, 0.25) is 0 Å². The molecule has 6 nitrogen and oxygen atoms in total. The molecule has 1 aromatic carbocycles. The van der Waals surface area contributed by atoms with E-state index < -0.39 is 12.0 Å². The van der Waals surface area contributed by atoms with Gasteiger partial charge in [0.1, 0.15) is 11.6 Å². The maximum atomic E-state index is 12.8. The van der Waals surface area contributed by atoms with Crippen LogP contribution in [0.3, 0.4) is 0 Å². The van der Waals surface area contributed by atoms with Crippen molar-refractivity contribution in [2.24, 2.45) is 0 Å². The zero-order chi connectivity index (χ0) is 19.5. The highest BCUT2D eigenvalue weighted by molar-refractivity contribution is 5.84. The highest BCUT2D eigenvalue weighted by Crippen LogP contribution is 2.36. The van der Waals surface area contributed by atoms with Crippen LogP contribution in [-0.4, -0.2) is 16.0 Å². The molecule has 2 unspecified atom stereocenters. The molecule has 0 bridgehead atoms. The van der Waals surface area contributed by atoms with Gasteiger partial charge in [-0.15, -0.1) is 0 Å². The van der Waals surface area contributed by atoms with Crippen LogP contribution in [0.15, 0.2) is 90.8 Å². The van der Waals surface area contributed by atoms with Crippen LogP contribution in [0.5, 0.6) is 0 Å². The quantitative estimate of drug-likeness (QED) is 0.695. The van der Waals surface area contributed by atoms with Crippen molar-refractivity contribution >= 4 is 5.91 Å². The van der Waals surface area contributed by atoms with Crippen LogP contribution in [-0.2, 0) is 4.79 Å². The second kappa shape index (κ2) is 7.33.